The Labute approximate surface area is 186 Å². The quantitative estimate of drug-likeness (QED) is 0.330. The third kappa shape index (κ3) is 4.03. The molecule has 0 spiro atoms. The summed E-state index contributed by atoms with van der Waals surface area (Å²) >= 11 is 0. The first kappa shape index (κ1) is 20.1. The van der Waals surface area contributed by atoms with Gasteiger partial charge in [0.05, 0.1) is 0 Å². The molecular formula is C27H25N3O2. The van der Waals surface area contributed by atoms with Crippen LogP contribution in [0.1, 0.15) is 16.7 Å². The predicted molar refractivity (Wildman–Crippen MR) is 128 cm³/mol. The van der Waals surface area contributed by atoms with Gasteiger partial charge in [0.15, 0.2) is 0 Å². The molecule has 0 radical (unpaired) electrons. The zero-order valence-corrected chi connectivity index (χ0v) is 17.7. The summed E-state index contributed by atoms with van der Waals surface area (Å²) in [5.74, 6) is -0.844. The third-order valence-electron chi connectivity index (χ3n) is 6.00. The Balaban J connectivity index is 1.38. The normalized spacial score (nSPS) is 12.4. The van der Waals surface area contributed by atoms with Gasteiger partial charge in [-0.15, -0.1) is 0 Å². The van der Waals surface area contributed by atoms with Crippen molar-refractivity contribution in [1.29, 1.82) is 0 Å². The number of nitrogens with one attached hydrogen (secondary N) is 2. The van der Waals surface area contributed by atoms with E-state index in [2.05, 4.69) is 45.3 Å². The van der Waals surface area contributed by atoms with E-state index in [0.29, 0.717) is 13.0 Å². The lowest BCUT2D eigenvalue weighted by molar-refractivity contribution is -0.139. The lowest BCUT2D eigenvalue weighted by Gasteiger charge is -2.14. The van der Waals surface area contributed by atoms with E-state index in [-0.39, 0.29) is 0 Å². The van der Waals surface area contributed by atoms with Crippen LogP contribution >= 0.6 is 0 Å². The van der Waals surface area contributed by atoms with Crippen molar-refractivity contribution >= 4 is 27.8 Å². The average molecular weight is 424 g/mol. The van der Waals surface area contributed by atoms with E-state index < -0.39 is 12.0 Å². The monoisotopic (exact) mass is 423 g/mol. The number of hydrogen-bond donors (Lipinski definition) is 3. The Morgan fingerprint density at radius 3 is 2.44 bits per heavy atom. The fraction of sp³-hybridized carbons (Fsp3) is 0.148. The van der Waals surface area contributed by atoms with Crippen LogP contribution in [0.25, 0.3) is 21.8 Å². The van der Waals surface area contributed by atoms with Crippen LogP contribution in [0.4, 0.5) is 0 Å². The molecule has 5 aromatic rings. The topological polar surface area (TPSA) is 70.0 Å². The largest absolute Gasteiger partial charge is 0.480 e. The van der Waals surface area contributed by atoms with Gasteiger partial charge < -0.3 is 14.7 Å². The maximum atomic E-state index is 12.0. The van der Waals surface area contributed by atoms with Crippen molar-refractivity contribution in [1.82, 2.24) is 14.9 Å². The molecule has 160 valence electrons. The zero-order valence-electron chi connectivity index (χ0n) is 17.7. The molecule has 5 rings (SSSR count). The van der Waals surface area contributed by atoms with E-state index in [4.69, 9.17) is 0 Å². The maximum Gasteiger partial charge on any atom is 0.321 e. The average Bonchev–Trinajstić information content (AvgIpc) is 3.39. The highest BCUT2D eigenvalue weighted by molar-refractivity contribution is 5.85. The second kappa shape index (κ2) is 8.73. The summed E-state index contributed by atoms with van der Waals surface area (Å²) in [7, 11) is 0. The summed E-state index contributed by atoms with van der Waals surface area (Å²) in [6.07, 6.45) is 4.46. The van der Waals surface area contributed by atoms with Crippen molar-refractivity contribution in [2.75, 3.05) is 0 Å². The molecule has 0 aliphatic rings. The van der Waals surface area contributed by atoms with Gasteiger partial charge in [0.25, 0.3) is 0 Å². The number of fused-ring (bicyclic) bond motifs is 2. The Morgan fingerprint density at radius 1 is 0.906 bits per heavy atom. The molecule has 0 aliphatic heterocycles. The van der Waals surface area contributed by atoms with Crippen LogP contribution in [0.3, 0.4) is 0 Å². The van der Waals surface area contributed by atoms with Crippen LogP contribution in [0.2, 0.25) is 0 Å². The summed E-state index contributed by atoms with van der Waals surface area (Å²) < 4.78 is 2.23. The van der Waals surface area contributed by atoms with Crippen LogP contribution in [0.15, 0.2) is 91.3 Å². The number of para-hydroxylation sites is 2. The molecule has 0 saturated heterocycles. The number of carboxylic acid groups (broad SMARTS) is 1. The van der Waals surface area contributed by atoms with Crippen LogP contribution in [-0.4, -0.2) is 26.7 Å². The number of benzene rings is 3. The predicted octanol–water partition coefficient (Wildman–Crippen LogP) is 4.96. The fourth-order valence-electron chi connectivity index (χ4n) is 4.37. The van der Waals surface area contributed by atoms with Crippen LogP contribution < -0.4 is 5.32 Å². The van der Waals surface area contributed by atoms with Crippen molar-refractivity contribution in [3.05, 3.63) is 108 Å². The molecule has 2 heterocycles. The summed E-state index contributed by atoms with van der Waals surface area (Å²) in [6, 6.07) is 25.9. The molecule has 0 unspecified atom stereocenters. The molecule has 0 amide bonds. The Morgan fingerprint density at radius 2 is 1.62 bits per heavy atom. The molecule has 0 saturated carbocycles. The Hall–Kier alpha value is -3.83. The third-order valence-corrected chi connectivity index (χ3v) is 6.00. The van der Waals surface area contributed by atoms with E-state index in [1.165, 1.54) is 5.56 Å². The second-order valence-electron chi connectivity index (χ2n) is 8.12. The number of H-pyrrole nitrogens is 1. The van der Waals surface area contributed by atoms with E-state index >= 15 is 0 Å². The smallest absolute Gasteiger partial charge is 0.321 e. The van der Waals surface area contributed by atoms with E-state index in [1.807, 2.05) is 60.8 Å². The van der Waals surface area contributed by atoms with Gasteiger partial charge in [-0.1, -0.05) is 66.7 Å². The van der Waals surface area contributed by atoms with Gasteiger partial charge in [-0.25, -0.2) is 0 Å². The lowest BCUT2D eigenvalue weighted by atomic mass is 10.0. The molecule has 2 aromatic heterocycles. The van der Waals surface area contributed by atoms with Gasteiger partial charge in [-0.3, -0.25) is 10.1 Å². The first-order valence-corrected chi connectivity index (χ1v) is 10.8. The van der Waals surface area contributed by atoms with E-state index in [0.717, 1.165) is 39.5 Å². The Kier molecular flexibility index (Phi) is 5.48. The minimum Gasteiger partial charge on any atom is -0.480 e. The highest BCUT2D eigenvalue weighted by Gasteiger charge is 2.20. The summed E-state index contributed by atoms with van der Waals surface area (Å²) in [6.45, 7) is 1.26. The van der Waals surface area contributed by atoms with Gasteiger partial charge in [-0.05, 0) is 28.8 Å². The minimum atomic E-state index is -0.844. The molecule has 0 aliphatic carbocycles. The SMILES string of the molecule is O=C(O)[C@@H](Cc1c[nH]c2ccccc12)NCc1cn(Cc2ccccc2)c2ccccc12. The lowest BCUT2D eigenvalue weighted by Crippen LogP contribution is -2.38. The highest BCUT2D eigenvalue weighted by atomic mass is 16.4. The minimum absolute atomic E-state index is 0.419. The van der Waals surface area contributed by atoms with Crippen LogP contribution in [0.5, 0.6) is 0 Å². The van der Waals surface area contributed by atoms with Crippen molar-refractivity contribution in [2.24, 2.45) is 0 Å². The molecule has 32 heavy (non-hydrogen) atoms. The molecule has 3 aromatic carbocycles. The number of rotatable bonds is 8. The van der Waals surface area contributed by atoms with Crippen molar-refractivity contribution in [3.63, 3.8) is 0 Å². The number of nitrogens with zero attached hydrogens (tertiary/aromatic N) is 1. The Bertz CT molecular complexity index is 1370. The van der Waals surface area contributed by atoms with Crippen molar-refractivity contribution in [3.8, 4) is 0 Å². The molecular weight excluding hydrogens is 398 g/mol. The molecule has 0 bridgehead atoms. The zero-order chi connectivity index (χ0) is 21.9. The number of aromatic amines is 1. The molecule has 5 nitrogen and oxygen atoms in total. The van der Waals surface area contributed by atoms with Crippen LogP contribution in [0, 0.1) is 0 Å². The summed E-state index contributed by atoms with van der Waals surface area (Å²) in [4.78, 5) is 15.2. The van der Waals surface area contributed by atoms with Gasteiger partial charge in [0.1, 0.15) is 6.04 Å². The van der Waals surface area contributed by atoms with Gasteiger partial charge >= 0.3 is 5.97 Å². The van der Waals surface area contributed by atoms with Crippen molar-refractivity contribution < 1.29 is 9.90 Å². The number of carbonyl (C=O) groups is 1. The van der Waals surface area contributed by atoms with Gasteiger partial charge in [0, 0.05) is 53.7 Å². The maximum absolute atomic E-state index is 12.0. The molecule has 5 heteroatoms. The van der Waals surface area contributed by atoms with Crippen LogP contribution in [-0.2, 0) is 24.3 Å². The highest BCUT2D eigenvalue weighted by Crippen LogP contribution is 2.23. The van der Waals surface area contributed by atoms with Gasteiger partial charge in [-0.2, -0.15) is 0 Å². The second-order valence-corrected chi connectivity index (χ2v) is 8.12. The van der Waals surface area contributed by atoms with Gasteiger partial charge in [0.2, 0.25) is 0 Å². The number of aromatic nitrogens is 2. The van der Waals surface area contributed by atoms with E-state index in [9.17, 15) is 9.90 Å². The van der Waals surface area contributed by atoms with Crippen molar-refractivity contribution in [2.45, 2.75) is 25.6 Å². The number of carboxylic acids is 1. The molecule has 0 fully saturated rings. The van der Waals surface area contributed by atoms with E-state index in [1.54, 1.807) is 0 Å². The first-order chi connectivity index (χ1) is 15.7. The number of aliphatic carboxylic acids is 1. The standard InChI is InChI=1S/C27H25N3O2/c31-27(32)25(14-20-15-28-24-12-6-4-10-22(20)24)29-16-21-18-30(17-19-8-2-1-3-9-19)26-13-7-5-11-23(21)26/h1-13,15,18,25,28-29H,14,16-17H2,(H,31,32)/t25-/m1/s1. The molecule has 3 N–H and O–H groups in total. The summed E-state index contributed by atoms with van der Waals surface area (Å²) in [5.41, 5.74) is 5.51. The summed E-state index contributed by atoms with van der Waals surface area (Å²) in [5, 5.41) is 15.4. The first-order valence-electron chi connectivity index (χ1n) is 10.8. The molecule has 1 atom stereocenters. The fourth-order valence-corrected chi connectivity index (χ4v) is 4.37. The number of hydrogen-bond acceptors (Lipinski definition) is 2.